The monoisotopic (exact) mass is 352 g/mol. The molecule has 26 heavy (non-hydrogen) atoms. The molecule has 1 aliphatic rings. The van der Waals surface area contributed by atoms with Crippen LogP contribution >= 0.6 is 0 Å². The number of fused-ring (bicyclic) bond motifs is 1. The highest BCUT2D eigenvalue weighted by molar-refractivity contribution is 5.34. The molecule has 0 saturated heterocycles. The van der Waals surface area contributed by atoms with Crippen molar-refractivity contribution in [3.05, 3.63) is 68.1 Å². The fraction of sp³-hybridized carbons (Fsp3) is 0.450. The SMILES string of the molecule is Cc1ccc(C)c(Cn2nc3c(=O)n(C4CCCCC4)ccn3c2=O)c1. The van der Waals surface area contributed by atoms with Crippen LogP contribution in [0.5, 0.6) is 0 Å². The summed E-state index contributed by atoms with van der Waals surface area (Å²) in [6, 6.07) is 6.38. The van der Waals surface area contributed by atoms with Crippen LogP contribution < -0.4 is 11.2 Å². The quantitative estimate of drug-likeness (QED) is 0.728. The smallest absolute Gasteiger partial charge is 0.308 e. The van der Waals surface area contributed by atoms with Crippen molar-refractivity contribution in [2.45, 2.75) is 58.5 Å². The standard InChI is InChI=1S/C20H24N4O2/c1-14-8-9-15(2)16(12-14)13-24-20(26)23-11-10-22(19(25)18(23)21-24)17-6-4-3-5-7-17/h8-12,17H,3-7,13H2,1-2H3. The van der Waals surface area contributed by atoms with Crippen molar-refractivity contribution in [2.75, 3.05) is 0 Å². The molecule has 1 saturated carbocycles. The van der Waals surface area contributed by atoms with E-state index < -0.39 is 0 Å². The van der Waals surface area contributed by atoms with E-state index in [9.17, 15) is 9.59 Å². The molecule has 4 rings (SSSR count). The largest absolute Gasteiger partial charge is 0.350 e. The second-order valence-electron chi connectivity index (χ2n) is 7.37. The van der Waals surface area contributed by atoms with Crippen LogP contribution in [0.1, 0.15) is 54.8 Å². The van der Waals surface area contributed by atoms with Crippen molar-refractivity contribution in [3.8, 4) is 0 Å². The number of aromatic nitrogens is 4. The van der Waals surface area contributed by atoms with E-state index in [2.05, 4.69) is 11.2 Å². The van der Waals surface area contributed by atoms with Crippen LogP contribution in [0.25, 0.3) is 5.65 Å². The lowest BCUT2D eigenvalue weighted by atomic mass is 9.95. The van der Waals surface area contributed by atoms with E-state index >= 15 is 0 Å². The highest BCUT2D eigenvalue weighted by Crippen LogP contribution is 2.26. The van der Waals surface area contributed by atoms with E-state index in [0.29, 0.717) is 6.54 Å². The second kappa shape index (κ2) is 6.59. The lowest BCUT2D eigenvalue weighted by Crippen LogP contribution is -2.28. The van der Waals surface area contributed by atoms with Crippen molar-refractivity contribution < 1.29 is 0 Å². The van der Waals surface area contributed by atoms with Gasteiger partial charge in [0.05, 0.1) is 6.54 Å². The zero-order valence-electron chi connectivity index (χ0n) is 15.3. The predicted molar refractivity (Wildman–Crippen MR) is 101 cm³/mol. The number of nitrogens with zero attached hydrogens (tertiary/aromatic N) is 4. The zero-order chi connectivity index (χ0) is 18.3. The fourth-order valence-electron chi connectivity index (χ4n) is 3.90. The molecular weight excluding hydrogens is 328 g/mol. The van der Waals surface area contributed by atoms with Gasteiger partial charge in [-0.15, -0.1) is 5.10 Å². The van der Waals surface area contributed by atoms with Crippen molar-refractivity contribution in [1.29, 1.82) is 0 Å². The first-order chi connectivity index (χ1) is 12.5. The molecule has 0 spiro atoms. The summed E-state index contributed by atoms with van der Waals surface area (Å²) in [4.78, 5) is 25.6. The minimum Gasteiger partial charge on any atom is -0.308 e. The van der Waals surface area contributed by atoms with E-state index in [1.165, 1.54) is 15.5 Å². The molecule has 2 aromatic heterocycles. The van der Waals surface area contributed by atoms with Crippen LogP contribution in [0, 0.1) is 13.8 Å². The van der Waals surface area contributed by atoms with Gasteiger partial charge in [-0.3, -0.25) is 4.79 Å². The zero-order valence-corrected chi connectivity index (χ0v) is 15.3. The van der Waals surface area contributed by atoms with Gasteiger partial charge < -0.3 is 4.57 Å². The Kier molecular flexibility index (Phi) is 4.26. The van der Waals surface area contributed by atoms with Crippen LogP contribution in [0.4, 0.5) is 0 Å². The molecule has 0 N–H and O–H groups in total. The molecule has 0 amide bonds. The summed E-state index contributed by atoms with van der Waals surface area (Å²) >= 11 is 0. The molecule has 2 heterocycles. The average molecular weight is 352 g/mol. The predicted octanol–water partition coefficient (Wildman–Crippen LogP) is 2.83. The Morgan fingerprint density at radius 3 is 2.62 bits per heavy atom. The lowest BCUT2D eigenvalue weighted by Gasteiger charge is -2.23. The Morgan fingerprint density at radius 1 is 1.08 bits per heavy atom. The van der Waals surface area contributed by atoms with Gasteiger partial charge in [-0.2, -0.15) is 0 Å². The molecule has 1 fully saturated rings. The molecule has 3 aromatic rings. The van der Waals surface area contributed by atoms with Crippen molar-refractivity contribution in [2.24, 2.45) is 0 Å². The average Bonchev–Trinajstić information content (AvgIpc) is 2.96. The van der Waals surface area contributed by atoms with Gasteiger partial charge in [0.15, 0.2) is 0 Å². The van der Waals surface area contributed by atoms with Crippen LogP contribution in [-0.4, -0.2) is 18.7 Å². The topological polar surface area (TPSA) is 61.3 Å². The van der Waals surface area contributed by atoms with Crippen LogP contribution in [-0.2, 0) is 6.54 Å². The van der Waals surface area contributed by atoms with Crippen LogP contribution in [0.2, 0.25) is 0 Å². The number of hydrogen-bond acceptors (Lipinski definition) is 3. The number of benzene rings is 1. The summed E-state index contributed by atoms with van der Waals surface area (Å²) in [6.07, 6.45) is 8.99. The van der Waals surface area contributed by atoms with Gasteiger partial charge in [-0.1, -0.05) is 43.0 Å². The summed E-state index contributed by atoms with van der Waals surface area (Å²) in [6.45, 7) is 4.42. The Balaban J connectivity index is 1.76. The van der Waals surface area contributed by atoms with Crippen molar-refractivity contribution >= 4 is 5.65 Å². The molecule has 6 nitrogen and oxygen atoms in total. The van der Waals surface area contributed by atoms with Gasteiger partial charge in [-0.25, -0.2) is 13.9 Å². The Morgan fingerprint density at radius 2 is 1.85 bits per heavy atom. The molecule has 0 atom stereocenters. The first-order valence-corrected chi connectivity index (χ1v) is 9.31. The Hall–Kier alpha value is -2.63. The minimum absolute atomic E-state index is 0.170. The molecule has 0 bridgehead atoms. The van der Waals surface area contributed by atoms with E-state index in [1.54, 1.807) is 17.0 Å². The minimum atomic E-state index is -0.270. The summed E-state index contributed by atoms with van der Waals surface area (Å²) in [5, 5.41) is 4.37. The maximum absolute atomic E-state index is 12.9. The summed E-state index contributed by atoms with van der Waals surface area (Å²) < 4.78 is 4.53. The summed E-state index contributed by atoms with van der Waals surface area (Å²) in [7, 11) is 0. The third-order valence-corrected chi connectivity index (χ3v) is 5.47. The highest BCUT2D eigenvalue weighted by atomic mass is 16.2. The molecule has 136 valence electrons. The molecule has 0 aliphatic heterocycles. The van der Waals surface area contributed by atoms with Crippen molar-refractivity contribution in [1.82, 2.24) is 18.7 Å². The highest BCUT2D eigenvalue weighted by Gasteiger charge is 2.19. The van der Waals surface area contributed by atoms with Crippen molar-refractivity contribution in [3.63, 3.8) is 0 Å². The Labute approximate surface area is 151 Å². The number of rotatable bonds is 3. The number of aryl methyl sites for hydroxylation is 2. The van der Waals surface area contributed by atoms with Gasteiger partial charge in [0.2, 0.25) is 5.65 Å². The van der Waals surface area contributed by atoms with Gasteiger partial charge in [0, 0.05) is 18.4 Å². The molecule has 0 radical (unpaired) electrons. The van der Waals surface area contributed by atoms with Gasteiger partial charge in [0.25, 0.3) is 5.56 Å². The Bertz CT molecular complexity index is 1070. The van der Waals surface area contributed by atoms with Crippen LogP contribution in [0.3, 0.4) is 0 Å². The third-order valence-electron chi connectivity index (χ3n) is 5.47. The lowest BCUT2D eigenvalue weighted by molar-refractivity contribution is 0.346. The first kappa shape index (κ1) is 16.8. The number of hydrogen-bond donors (Lipinski definition) is 0. The summed E-state index contributed by atoms with van der Waals surface area (Å²) in [5.74, 6) is 0. The first-order valence-electron chi connectivity index (χ1n) is 9.31. The van der Waals surface area contributed by atoms with Gasteiger partial charge in [0.1, 0.15) is 0 Å². The molecule has 1 aliphatic carbocycles. The van der Waals surface area contributed by atoms with E-state index in [0.717, 1.165) is 42.4 Å². The summed E-state index contributed by atoms with van der Waals surface area (Å²) in [5.41, 5.74) is 3.07. The molecule has 0 unspecified atom stereocenters. The van der Waals surface area contributed by atoms with Gasteiger partial charge in [-0.05, 0) is 37.8 Å². The van der Waals surface area contributed by atoms with Crippen LogP contribution in [0.15, 0.2) is 40.2 Å². The second-order valence-corrected chi connectivity index (χ2v) is 7.37. The third kappa shape index (κ3) is 2.89. The maximum Gasteiger partial charge on any atom is 0.350 e. The molecule has 6 heteroatoms. The van der Waals surface area contributed by atoms with Gasteiger partial charge >= 0.3 is 5.69 Å². The molecular formula is C20H24N4O2. The van der Waals surface area contributed by atoms with E-state index in [1.807, 2.05) is 26.0 Å². The maximum atomic E-state index is 12.9. The van der Waals surface area contributed by atoms with E-state index in [4.69, 9.17) is 0 Å². The fourth-order valence-corrected chi connectivity index (χ4v) is 3.90. The normalized spacial score (nSPS) is 15.6. The van der Waals surface area contributed by atoms with E-state index in [-0.39, 0.29) is 22.9 Å². The molecule has 1 aromatic carbocycles.